The van der Waals surface area contributed by atoms with Crippen LogP contribution in [0.25, 0.3) is 0 Å². The first-order valence-electron chi connectivity index (χ1n) is 17.5. The van der Waals surface area contributed by atoms with Gasteiger partial charge in [-0.1, -0.05) is 47.3 Å². The zero-order valence-corrected chi connectivity index (χ0v) is 29.9. The van der Waals surface area contributed by atoms with Gasteiger partial charge in [0.25, 0.3) is 0 Å². The predicted molar refractivity (Wildman–Crippen MR) is 176 cm³/mol. The molecule has 47 heavy (non-hydrogen) atoms. The largest absolute Gasteiger partial charge is 0.464 e. The van der Waals surface area contributed by atoms with Crippen molar-refractivity contribution in [1.82, 2.24) is 4.90 Å². The molecule has 0 amide bonds. The van der Waals surface area contributed by atoms with Crippen LogP contribution in [0.1, 0.15) is 87.0 Å². The fraction of sp³-hybridized carbons (Fsp3) is 0.763. The van der Waals surface area contributed by atoms with Crippen molar-refractivity contribution < 1.29 is 38.2 Å². The normalized spacial score (nSPS) is 40.1. The number of nitrogens with zero attached hydrogens (tertiary/aromatic N) is 1. The Morgan fingerprint density at radius 3 is 2.34 bits per heavy atom. The van der Waals surface area contributed by atoms with Crippen LogP contribution in [0.3, 0.4) is 0 Å². The molecule has 0 aromatic rings. The lowest BCUT2D eigenvalue weighted by Crippen LogP contribution is -2.56. The van der Waals surface area contributed by atoms with E-state index in [9.17, 15) is 24.0 Å². The molecule has 5 rings (SSSR count). The molecule has 4 fully saturated rings. The van der Waals surface area contributed by atoms with Gasteiger partial charge in [0.1, 0.15) is 6.10 Å². The first kappa shape index (κ1) is 35.5. The Morgan fingerprint density at radius 2 is 1.72 bits per heavy atom. The van der Waals surface area contributed by atoms with Gasteiger partial charge in [0, 0.05) is 37.5 Å². The van der Waals surface area contributed by atoms with E-state index < -0.39 is 41.8 Å². The highest BCUT2D eigenvalue weighted by atomic mass is 16.6. The Bertz CT molecular complexity index is 1390. The third-order valence-corrected chi connectivity index (χ3v) is 13.8. The second-order valence-electron chi connectivity index (χ2n) is 16.4. The molecule has 0 aliphatic heterocycles. The van der Waals surface area contributed by atoms with E-state index in [2.05, 4.69) is 33.4 Å². The molecule has 0 aromatic carbocycles. The maximum atomic E-state index is 14.1. The third kappa shape index (κ3) is 5.52. The number of ether oxygens (including phenoxy) is 3. The summed E-state index contributed by atoms with van der Waals surface area (Å²) >= 11 is 0. The van der Waals surface area contributed by atoms with Gasteiger partial charge in [0.2, 0.25) is 0 Å². The summed E-state index contributed by atoms with van der Waals surface area (Å²) < 4.78 is 17.4. The summed E-state index contributed by atoms with van der Waals surface area (Å²) in [6.45, 7) is 17.4. The second-order valence-corrected chi connectivity index (χ2v) is 16.4. The number of carbonyl (C=O) groups excluding carboxylic acids is 5. The zero-order chi connectivity index (χ0) is 34.9. The monoisotopic (exact) mass is 653 g/mol. The van der Waals surface area contributed by atoms with Crippen molar-refractivity contribution in [3.05, 3.63) is 24.3 Å². The number of carbonyl (C=O) groups is 5. The molecule has 9 nitrogen and oxygen atoms in total. The van der Waals surface area contributed by atoms with Crippen molar-refractivity contribution >= 4 is 29.5 Å². The summed E-state index contributed by atoms with van der Waals surface area (Å²) in [5.74, 6) is -1.94. The molecule has 0 unspecified atom stereocenters. The van der Waals surface area contributed by atoms with Crippen LogP contribution in [0.4, 0.5) is 0 Å². The number of hydrogen-bond acceptors (Lipinski definition) is 9. The lowest BCUT2D eigenvalue weighted by molar-refractivity contribution is -0.166. The van der Waals surface area contributed by atoms with Crippen LogP contribution in [0.15, 0.2) is 24.3 Å². The SMILES string of the molecule is C=C(C(=O)[C@H](OC(C)=O)[C@@H](C)[C@H]1[C@@H](OC(C)=O)C[C@@]2(C)[C@@H]3CC[C@H]4[C@H](C)C(=O)C=C[C@@]45C[C@@]35CC[C@]12C)[C@@H](C)COC(=O)CN(C)C. The van der Waals surface area contributed by atoms with Gasteiger partial charge >= 0.3 is 17.9 Å². The van der Waals surface area contributed by atoms with E-state index in [0.29, 0.717) is 18.3 Å². The average molecular weight is 654 g/mol. The topological polar surface area (TPSA) is 116 Å². The van der Waals surface area contributed by atoms with Crippen molar-refractivity contribution in [3.63, 3.8) is 0 Å². The number of Topliss-reactive ketones (excluding diaryl/α,β-unsaturated/α-hetero) is 1. The standard InChI is InChI=1S/C38H55NO8/c1-21(19-45-31(43)18-39(9)10)22(2)33(44)34(47-26(6)41)24(4)32-29(46-25(5)40)17-36(8)30-12-11-27-23(3)28(42)13-14-37(27)20-38(30,37)16-15-35(32,36)7/h13-14,21,23-24,27,29-30,32,34H,2,11-12,15-20H2,1,3-10H3/t21-,23-,24-,27-,29-,30-,32-,34+,35+,36-,37+,38-/m0/s1. The van der Waals surface area contributed by atoms with E-state index in [-0.39, 0.29) is 64.0 Å². The number of ketones is 2. The summed E-state index contributed by atoms with van der Waals surface area (Å²) in [6, 6.07) is 0. The van der Waals surface area contributed by atoms with Crippen molar-refractivity contribution in [2.75, 3.05) is 27.2 Å². The van der Waals surface area contributed by atoms with Crippen LogP contribution in [-0.2, 0) is 38.2 Å². The maximum Gasteiger partial charge on any atom is 0.320 e. The van der Waals surface area contributed by atoms with Gasteiger partial charge in [-0.2, -0.15) is 0 Å². The molecule has 12 atom stereocenters. The van der Waals surface area contributed by atoms with Gasteiger partial charge < -0.3 is 14.2 Å². The van der Waals surface area contributed by atoms with Crippen LogP contribution in [0.5, 0.6) is 0 Å². The number of likely N-dealkylation sites (N-methyl/N-ethyl adjacent to an activating group) is 1. The first-order chi connectivity index (χ1) is 21.8. The average Bonchev–Trinajstić information content (AvgIpc) is 3.59. The predicted octanol–water partition coefficient (Wildman–Crippen LogP) is 5.36. The molecule has 5 aliphatic carbocycles. The summed E-state index contributed by atoms with van der Waals surface area (Å²) in [4.78, 5) is 65.8. The highest BCUT2D eigenvalue weighted by molar-refractivity contribution is 6.00. The van der Waals surface area contributed by atoms with Crippen LogP contribution in [0.2, 0.25) is 0 Å². The fourth-order valence-electron chi connectivity index (χ4n) is 11.5. The molecular weight excluding hydrogens is 598 g/mol. The minimum absolute atomic E-state index is 0.0150. The molecule has 260 valence electrons. The summed E-state index contributed by atoms with van der Waals surface area (Å²) in [5.41, 5.74) is -0.121. The van der Waals surface area contributed by atoms with Gasteiger partial charge in [-0.05, 0) is 97.8 Å². The summed E-state index contributed by atoms with van der Waals surface area (Å²) in [6.07, 6.45) is 8.18. The molecule has 2 spiro atoms. The van der Waals surface area contributed by atoms with Crippen molar-refractivity contribution in [2.24, 2.45) is 57.2 Å². The Hall–Kier alpha value is -2.81. The number of fused-ring (bicyclic) bond motifs is 2. The summed E-state index contributed by atoms with van der Waals surface area (Å²) in [7, 11) is 3.54. The number of rotatable bonds is 11. The highest BCUT2D eigenvalue weighted by Gasteiger charge is 2.81. The Morgan fingerprint density at radius 1 is 1.04 bits per heavy atom. The third-order valence-electron chi connectivity index (χ3n) is 13.8. The summed E-state index contributed by atoms with van der Waals surface area (Å²) in [5, 5.41) is 0. The van der Waals surface area contributed by atoms with E-state index in [0.717, 1.165) is 32.1 Å². The number of hydrogen-bond donors (Lipinski definition) is 0. The molecule has 9 heteroatoms. The van der Waals surface area contributed by atoms with Crippen molar-refractivity contribution in [2.45, 2.75) is 99.2 Å². The number of allylic oxidation sites excluding steroid dienone is 2. The minimum Gasteiger partial charge on any atom is -0.464 e. The molecule has 0 saturated heterocycles. The van der Waals surface area contributed by atoms with Gasteiger partial charge in [-0.15, -0.1) is 0 Å². The second kappa shape index (κ2) is 12.3. The van der Waals surface area contributed by atoms with Gasteiger partial charge in [0.15, 0.2) is 17.7 Å². The zero-order valence-electron chi connectivity index (χ0n) is 29.9. The molecule has 0 aromatic heterocycles. The molecule has 4 saturated carbocycles. The molecule has 0 heterocycles. The van der Waals surface area contributed by atoms with Crippen LogP contribution < -0.4 is 0 Å². The minimum atomic E-state index is -1.13. The Labute approximate surface area is 280 Å². The van der Waals surface area contributed by atoms with E-state index in [1.807, 2.05) is 13.0 Å². The first-order valence-corrected chi connectivity index (χ1v) is 17.5. The van der Waals surface area contributed by atoms with Crippen molar-refractivity contribution in [1.29, 1.82) is 0 Å². The lowest BCUT2D eigenvalue weighted by atomic mass is 9.43. The highest BCUT2D eigenvalue weighted by Crippen LogP contribution is 2.87. The van der Waals surface area contributed by atoms with Crippen LogP contribution in [0, 0.1) is 57.2 Å². The lowest BCUT2D eigenvalue weighted by Gasteiger charge is -2.61. The molecule has 0 radical (unpaired) electrons. The van der Waals surface area contributed by atoms with Crippen LogP contribution in [-0.4, -0.2) is 73.8 Å². The smallest absolute Gasteiger partial charge is 0.320 e. The quantitative estimate of drug-likeness (QED) is 0.165. The fourth-order valence-corrected chi connectivity index (χ4v) is 11.5. The maximum absolute atomic E-state index is 14.1. The van der Waals surface area contributed by atoms with E-state index in [4.69, 9.17) is 14.2 Å². The molecular formula is C38H55NO8. The molecule has 0 bridgehead atoms. The van der Waals surface area contributed by atoms with E-state index >= 15 is 0 Å². The molecule has 5 aliphatic rings. The Kier molecular flexibility index (Phi) is 9.26. The van der Waals surface area contributed by atoms with E-state index in [1.54, 1.807) is 25.9 Å². The number of esters is 3. The van der Waals surface area contributed by atoms with Gasteiger partial charge in [-0.3, -0.25) is 28.9 Å². The van der Waals surface area contributed by atoms with Crippen LogP contribution >= 0.6 is 0 Å². The van der Waals surface area contributed by atoms with Gasteiger partial charge in [0.05, 0.1) is 13.2 Å². The van der Waals surface area contributed by atoms with Crippen molar-refractivity contribution in [3.8, 4) is 0 Å². The van der Waals surface area contributed by atoms with Gasteiger partial charge in [-0.25, -0.2) is 0 Å². The molecule has 0 N–H and O–H groups in total. The Balaban J connectivity index is 1.45. The van der Waals surface area contributed by atoms with E-state index in [1.165, 1.54) is 13.8 Å².